The van der Waals surface area contributed by atoms with Crippen LogP contribution in [-0.4, -0.2) is 0 Å². The number of hydrogen-bond donors (Lipinski definition) is 0. The molecular formula is C6H3Cl2NS. The van der Waals surface area contributed by atoms with Crippen molar-refractivity contribution >= 4 is 41.3 Å². The van der Waals surface area contributed by atoms with E-state index in [9.17, 15) is 0 Å². The van der Waals surface area contributed by atoms with Gasteiger partial charge >= 0.3 is 0 Å². The highest BCUT2D eigenvalue weighted by atomic mass is 35.5. The van der Waals surface area contributed by atoms with Crippen molar-refractivity contribution in [3.63, 3.8) is 0 Å². The standard InChI is InChI=1S/C6H3Cl2NS/c7-4-1-5(8)3-6(2-4)9-10/h1-3H. The van der Waals surface area contributed by atoms with Gasteiger partial charge in [0.05, 0.1) is 5.69 Å². The topological polar surface area (TPSA) is 12.4 Å². The van der Waals surface area contributed by atoms with E-state index in [1.807, 2.05) is 0 Å². The van der Waals surface area contributed by atoms with E-state index in [0.29, 0.717) is 15.7 Å². The third-order valence-electron chi connectivity index (χ3n) is 0.953. The molecular weight excluding hydrogens is 189 g/mol. The summed E-state index contributed by atoms with van der Waals surface area (Å²) < 4.78 is 3.51. The van der Waals surface area contributed by atoms with E-state index >= 15 is 0 Å². The van der Waals surface area contributed by atoms with Gasteiger partial charge in [-0.05, 0) is 18.2 Å². The molecule has 0 unspecified atom stereocenters. The van der Waals surface area contributed by atoms with Crippen LogP contribution in [0.2, 0.25) is 10.0 Å². The molecule has 0 radical (unpaired) electrons. The Kier molecular flexibility index (Phi) is 2.60. The zero-order chi connectivity index (χ0) is 7.56. The lowest BCUT2D eigenvalue weighted by Gasteiger charge is -1.93. The highest BCUT2D eigenvalue weighted by molar-refractivity contribution is 7.47. The fourth-order valence-corrected chi connectivity index (χ4v) is 1.21. The summed E-state index contributed by atoms with van der Waals surface area (Å²) in [7, 11) is 0. The Balaban J connectivity index is 3.18. The van der Waals surface area contributed by atoms with Crippen molar-refractivity contribution in [1.82, 2.24) is 0 Å². The number of halogens is 2. The van der Waals surface area contributed by atoms with Gasteiger partial charge in [0.2, 0.25) is 0 Å². The summed E-state index contributed by atoms with van der Waals surface area (Å²) in [6.45, 7) is 0. The number of hydrogen-bond acceptors (Lipinski definition) is 2. The van der Waals surface area contributed by atoms with Gasteiger partial charge in [0.1, 0.15) is 0 Å². The normalized spacial score (nSPS) is 9.40. The SMILES string of the molecule is S=Nc1cc(Cl)cc(Cl)c1. The first-order chi connectivity index (χ1) is 4.72. The summed E-state index contributed by atoms with van der Waals surface area (Å²) in [5.74, 6) is 0. The van der Waals surface area contributed by atoms with Crippen LogP contribution in [0.15, 0.2) is 22.6 Å². The average molecular weight is 192 g/mol. The number of rotatable bonds is 1. The van der Waals surface area contributed by atoms with Crippen molar-refractivity contribution in [3.8, 4) is 0 Å². The Labute approximate surface area is 74.1 Å². The predicted octanol–water partition coefficient (Wildman–Crippen LogP) is 3.36. The molecule has 0 bridgehead atoms. The Morgan fingerprint density at radius 3 is 2.00 bits per heavy atom. The van der Waals surface area contributed by atoms with Gasteiger partial charge in [0, 0.05) is 22.5 Å². The summed E-state index contributed by atoms with van der Waals surface area (Å²) in [6, 6.07) is 4.94. The molecule has 52 valence electrons. The monoisotopic (exact) mass is 191 g/mol. The lowest BCUT2D eigenvalue weighted by atomic mass is 10.3. The molecule has 0 aliphatic rings. The second kappa shape index (κ2) is 3.28. The summed E-state index contributed by atoms with van der Waals surface area (Å²) in [5.41, 5.74) is 0.618. The largest absolute Gasteiger partial charge is 0.182 e. The zero-order valence-corrected chi connectivity index (χ0v) is 7.17. The van der Waals surface area contributed by atoms with Crippen LogP contribution >= 0.6 is 23.2 Å². The third-order valence-corrected chi connectivity index (χ3v) is 1.60. The molecule has 0 heterocycles. The summed E-state index contributed by atoms with van der Waals surface area (Å²) in [4.78, 5) is 0. The Morgan fingerprint density at radius 2 is 1.60 bits per heavy atom. The molecule has 0 saturated heterocycles. The maximum atomic E-state index is 5.64. The molecule has 0 saturated carbocycles. The van der Waals surface area contributed by atoms with Gasteiger partial charge in [-0.2, -0.15) is 4.36 Å². The minimum absolute atomic E-state index is 0.552. The maximum Gasteiger partial charge on any atom is 0.0799 e. The Morgan fingerprint density at radius 1 is 1.10 bits per heavy atom. The molecule has 4 heteroatoms. The average Bonchev–Trinajstić information content (AvgIpc) is 1.85. The summed E-state index contributed by atoms with van der Waals surface area (Å²) in [5, 5.41) is 1.10. The van der Waals surface area contributed by atoms with E-state index in [2.05, 4.69) is 16.8 Å². The molecule has 1 aromatic rings. The van der Waals surface area contributed by atoms with Crippen LogP contribution in [0.25, 0.3) is 0 Å². The van der Waals surface area contributed by atoms with E-state index in [0.717, 1.165) is 0 Å². The first kappa shape index (κ1) is 7.92. The molecule has 1 aromatic carbocycles. The van der Waals surface area contributed by atoms with Gasteiger partial charge in [0.25, 0.3) is 0 Å². The van der Waals surface area contributed by atoms with E-state index in [4.69, 9.17) is 23.2 Å². The van der Waals surface area contributed by atoms with Gasteiger partial charge in [-0.15, -0.1) is 0 Å². The van der Waals surface area contributed by atoms with E-state index < -0.39 is 0 Å². The van der Waals surface area contributed by atoms with Crippen molar-refractivity contribution in [3.05, 3.63) is 28.2 Å². The number of benzene rings is 1. The fourth-order valence-electron chi connectivity index (χ4n) is 0.592. The summed E-state index contributed by atoms with van der Waals surface area (Å²) in [6.07, 6.45) is 0. The Hall–Kier alpha value is -0.180. The molecule has 0 N–H and O–H groups in total. The first-order valence-corrected chi connectivity index (χ1v) is 3.64. The van der Waals surface area contributed by atoms with E-state index in [1.165, 1.54) is 0 Å². The second-order valence-electron chi connectivity index (χ2n) is 1.72. The fraction of sp³-hybridized carbons (Fsp3) is 0. The maximum absolute atomic E-state index is 5.64. The minimum Gasteiger partial charge on any atom is -0.182 e. The lowest BCUT2D eigenvalue weighted by molar-refractivity contribution is 1.57. The molecule has 0 aromatic heterocycles. The highest BCUT2D eigenvalue weighted by Crippen LogP contribution is 2.23. The molecule has 1 nitrogen and oxygen atoms in total. The molecule has 0 amide bonds. The smallest absolute Gasteiger partial charge is 0.0799 e. The van der Waals surface area contributed by atoms with Gasteiger partial charge in [-0.25, -0.2) is 0 Å². The van der Waals surface area contributed by atoms with E-state index in [1.54, 1.807) is 18.2 Å². The quantitative estimate of drug-likeness (QED) is 0.664. The van der Waals surface area contributed by atoms with Gasteiger partial charge in [0.15, 0.2) is 0 Å². The first-order valence-electron chi connectivity index (χ1n) is 2.52. The zero-order valence-electron chi connectivity index (χ0n) is 4.84. The molecule has 10 heavy (non-hydrogen) atoms. The van der Waals surface area contributed by atoms with Crippen LogP contribution in [0.1, 0.15) is 0 Å². The summed E-state index contributed by atoms with van der Waals surface area (Å²) >= 11 is 15.7. The van der Waals surface area contributed by atoms with Crippen molar-refractivity contribution in [1.29, 1.82) is 0 Å². The van der Waals surface area contributed by atoms with Crippen molar-refractivity contribution < 1.29 is 0 Å². The van der Waals surface area contributed by atoms with Crippen LogP contribution in [0, 0.1) is 0 Å². The van der Waals surface area contributed by atoms with Gasteiger partial charge in [-0.1, -0.05) is 23.2 Å². The van der Waals surface area contributed by atoms with Crippen molar-refractivity contribution in [2.24, 2.45) is 4.36 Å². The van der Waals surface area contributed by atoms with Crippen LogP contribution in [0.4, 0.5) is 5.69 Å². The molecule has 0 aliphatic heterocycles. The molecule has 0 fully saturated rings. The van der Waals surface area contributed by atoms with Crippen LogP contribution in [-0.2, 0) is 12.4 Å². The van der Waals surface area contributed by atoms with Crippen molar-refractivity contribution in [2.45, 2.75) is 0 Å². The number of nitrogens with zero attached hydrogens (tertiary/aromatic N) is 1. The highest BCUT2D eigenvalue weighted by Gasteiger charge is 1.94. The third kappa shape index (κ3) is 1.90. The van der Waals surface area contributed by atoms with Crippen LogP contribution in [0.5, 0.6) is 0 Å². The van der Waals surface area contributed by atoms with Gasteiger partial charge < -0.3 is 0 Å². The minimum atomic E-state index is 0.552. The van der Waals surface area contributed by atoms with Gasteiger partial charge in [-0.3, -0.25) is 0 Å². The second-order valence-corrected chi connectivity index (χ2v) is 2.77. The Bertz CT molecular complexity index is 242. The molecule has 0 atom stereocenters. The predicted molar refractivity (Wildman–Crippen MR) is 45.9 cm³/mol. The van der Waals surface area contributed by atoms with Crippen molar-refractivity contribution in [2.75, 3.05) is 0 Å². The molecule has 1 rings (SSSR count). The van der Waals surface area contributed by atoms with Crippen LogP contribution < -0.4 is 0 Å². The molecule has 0 aliphatic carbocycles. The van der Waals surface area contributed by atoms with Crippen LogP contribution in [0.3, 0.4) is 0 Å². The molecule has 0 spiro atoms. The lowest BCUT2D eigenvalue weighted by Crippen LogP contribution is -1.65. The van der Waals surface area contributed by atoms with E-state index in [-0.39, 0.29) is 0 Å².